The molecule has 8 heteroatoms. The molecular formula is C6H9N3O4S. The van der Waals surface area contributed by atoms with E-state index in [9.17, 15) is 18.5 Å². The lowest BCUT2D eigenvalue weighted by molar-refractivity contribution is -0.389. The molecule has 0 spiro atoms. The SMILES string of the molecule is CCS(=O)(=O)c1nc([N+](=O)[O-])cn1C. The predicted molar refractivity (Wildman–Crippen MR) is 47.6 cm³/mol. The molecule has 0 aliphatic rings. The maximum Gasteiger partial charge on any atom is 0.383 e. The van der Waals surface area contributed by atoms with Gasteiger partial charge in [-0.05, 0) is 9.91 Å². The van der Waals surface area contributed by atoms with Gasteiger partial charge in [-0.3, -0.25) is 4.57 Å². The van der Waals surface area contributed by atoms with Crippen LogP contribution in [0.4, 0.5) is 5.82 Å². The van der Waals surface area contributed by atoms with Crippen molar-refractivity contribution in [3.8, 4) is 0 Å². The van der Waals surface area contributed by atoms with Gasteiger partial charge in [0.25, 0.3) is 0 Å². The van der Waals surface area contributed by atoms with Crippen LogP contribution in [0.25, 0.3) is 0 Å². The first-order valence-electron chi connectivity index (χ1n) is 3.79. The van der Waals surface area contributed by atoms with Crippen LogP contribution in [-0.2, 0) is 16.9 Å². The third kappa shape index (κ3) is 1.74. The number of imidazole rings is 1. The molecular weight excluding hydrogens is 210 g/mol. The summed E-state index contributed by atoms with van der Waals surface area (Å²) in [6.07, 6.45) is 1.07. The lowest BCUT2D eigenvalue weighted by atomic mass is 10.8. The molecule has 0 aliphatic heterocycles. The zero-order valence-electron chi connectivity index (χ0n) is 7.67. The Kier molecular flexibility index (Phi) is 2.56. The number of hydrogen-bond acceptors (Lipinski definition) is 5. The van der Waals surface area contributed by atoms with E-state index >= 15 is 0 Å². The second-order valence-corrected chi connectivity index (χ2v) is 4.83. The van der Waals surface area contributed by atoms with Gasteiger partial charge in [0.15, 0.2) is 0 Å². The van der Waals surface area contributed by atoms with Gasteiger partial charge in [-0.1, -0.05) is 6.92 Å². The summed E-state index contributed by atoms with van der Waals surface area (Å²) in [5.41, 5.74) is 0. The Morgan fingerprint density at radius 3 is 2.57 bits per heavy atom. The predicted octanol–water partition coefficient (Wildman–Crippen LogP) is 0.122. The molecule has 0 N–H and O–H groups in total. The van der Waals surface area contributed by atoms with E-state index in [1.165, 1.54) is 14.0 Å². The Balaban J connectivity index is 3.31. The molecule has 0 unspecified atom stereocenters. The average Bonchev–Trinajstić information content (AvgIpc) is 2.48. The quantitative estimate of drug-likeness (QED) is 0.531. The highest BCUT2D eigenvalue weighted by Gasteiger charge is 2.26. The van der Waals surface area contributed by atoms with E-state index < -0.39 is 20.6 Å². The van der Waals surface area contributed by atoms with Gasteiger partial charge in [0.1, 0.15) is 6.20 Å². The van der Waals surface area contributed by atoms with Crippen LogP contribution in [0.5, 0.6) is 0 Å². The Morgan fingerprint density at radius 2 is 2.21 bits per heavy atom. The van der Waals surface area contributed by atoms with Crippen LogP contribution in [0.15, 0.2) is 11.4 Å². The molecule has 0 aromatic carbocycles. The van der Waals surface area contributed by atoms with E-state index in [1.54, 1.807) is 0 Å². The zero-order valence-corrected chi connectivity index (χ0v) is 8.48. The van der Waals surface area contributed by atoms with E-state index in [0.29, 0.717) is 0 Å². The van der Waals surface area contributed by atoms with Gasteiger partial charge in [0, 0.05) is 7.05 Å². The van der Waals surface area contributed by atoms with Crippen LogP contribution in [0, 0.1) is 10.1 Å². The van der Waals surface area contributed by atoms with Gasteiger partial charge in [0.2, 0.25) is 9.84 Å². The monoisotopic (exact) mass is 219 g/mol. The molecule has 0 amide bonds. The van der Waals surface area contributed by atoms with Gasteiger partial charge in [0.05, 0.1) is 5.75 Å². The van der Waals surface area contributed by atoms with Crippen molar-refractivity contribution >= 4 is 15.7 Å². The molecule has 0 radical (unpaired) electrons. The standard InChI is InChI=1S/C6H9N3O4S/c1-3-14(12,13)6-7-5(9(10)11)4-8(6)2/h4H,3H2,1-2H3. The molecule has 1 aromatic rings. The van der Waals surface area contributed by atoms with E-state index in [4.69, 9.17) is 0 Å². The first kappa shape index (κ1) is 10.6. The second kappa shape index (κ2) is 3.37. The summed E-state index contributed by atoms with van der Waals surface area (Å²) in [6, 6.07) is 0. The molecule has 78 valence electrons. The Bertz CT molecular complexity index is 461. The number of nitrogens with zero attached hydrogens (tertiary/aromatic N) is 3. The number of hydrogen-bond donors (Lipinski definition) is 0. The topological polar surface area (TPSA) is 95.1 Å². The number of rotatable bonds is 3. The third-order valence-corrected chi connectivity index (χ3v) is 3.36. The fourth-order valence-corrected chi connectivity index (χ4v) is 1.92. The van der Waals surface area contributed by atoms with Gasteiger partial charge in [-0.15, -0.1) is 0 Å². The zero-order chi connectivity index (χ0) is 10.9. The fourth-order valence-electron chi connectivity index (χ4n) is 0.940. The van der Waals surface area contributed by atoms with Crippen LogP contribution >= 0.6 is 0 Å². The van der Waals surface area contributed by atoms with E-state index in [0.717, 1.165) is 10.8 Å². The lowest BCUT2D eigenvalue weighted by Crippen LogP contribution is -2.09. The molecule has 0 fully saturated rings. The fraction of sp³-hybridized carbons (Fsp3) is 0.500. The Labute approximate surface area is 80.4 Å². The highest BCUT2D eigenvalue weighted by molar-refractivity contribution is 7.91. The highest BCUT2D eigenvalue weighted by atomic mass is 32.2. The number of aryl methyl sites for hydroxylation is 1. The van der Waals surface area contributed by atoms with Crippen molar-refractivity contribution in [2.24, 2.45) is 7.05 Å². The average molecular weight is 219 g/mol. The molecule has 1 aromatic heterocycles. The second-order valence-electron chi connectivity index (χ2n) is 2.65. The van der Waals surface area contributed by atoms with Gasteiger partial charge in [-0.2, -0.15) is 0 Å². The van der Waals surface area contributed by atoms with Crippen LogP contribution in [0.1, 0.15) is 6.92 Å². The van der Waals surface area contributed by atoms with E-state index in [1.807, 2.05) is 0 Å². The first-order chi connectivity index (χ1) is 6.38. The van der Waals surface area contributed by atoms with Crippen molar-refractivity contribution in [3.05, 3.63) is 16.3 Å². The van der Waals surface area contributed by atoms with Crippen molar-refractivity contribution in [1.82, 2.24) is 9.55 Å². The molecule has 7 nitrogen and oxygen atoms in total. The number of nitro groups is 1. The van der Waals surface area contributed by atoms with Crippen LogP contribution in [-0.4, -0.2) is 28.6 Å². The molecule has 0 saturated heterocycles. The van der Waals surface area contributed by atoms with Crippen LogP contribution < -0.4 is 0 Å². The first-order valence-corrected chi connectivity index (χ1v) is 5.44. The molecule has 1 heterocycles. The van der Waals surface area contributed by atoms with Crippen LogP contribution in [0.3, 0.4) is 0 Å². The molecule has 0 atom stereocenters. The van der Waals surface area contributed by atoms with Gasteiger partial charge >= 0.3 is 11.0 Å². The summed E-state index contributed by atoms with van der Waals surface area (Å²) >= 11 is 0. The summed E-state index contributed by atoms with van der Waals surface area (Å²) in [6.45, 7) is 1.45. The lowest BCUT2D eigenvalue weighted by Gasteiger charge is -1.94. The Morgan fingerprint density at radius 1 is 1.64 bits per heavy atom. The highest BCUT2D eigenvalue weighted by Crippen LogP contribution is 2.14. The summed E-state index contributed by atoms with van der Waals surface area (Å²) in [4.78, 5) is 13.0. The molecule has 0 aliphatic carbocycles. The number of aromatic nitrogens is 2. The van der Waals surface area contributed by atoms with Crippen molar-refractivity contribution < 1.29 is 13.3 Å². The minimum Gasteiger partial charge on any atom is -0.358 e. The molecule has 0 saturated carbocycles. The minimum atomic E-state index is -3.49. The summed E-state index contributed by atoms with van der Waals surface area (Å²) < 4.78 is 23.8. The Hall–Kier alpha value is -1.44. The normalized spacial score (nSPS) is 11.6. The molecule has 14 heavy (non-hydrogen) atoms. The van der Waals surface area contributed by atoms with Crippen LogP contribution in [0.2, 0.25) is 0 Å². The van der Waals surface area contributed by atoms with Crippen molar-refractivity contribution in [2.45, 2.75) is 12.1 Å². The maximum absolute atomic E-state index is 11.4. The number of sulfone groups is 1. The third-order valence-electron chi connectivity index (χ3n) is 1.67. The smallest absolute Gasteiger partial charge is 0.358 e. The molecule has 1 rings (SSSR count). The van der Waals surface area contributed by atoms with Crippen molar-refractivity contribution in [1.29, 1.82) is 0 Å². The van der Waals surface area contributed by atoms with Crippen molar-refractivity contribution in [3.63, 3.8) is 0 Å². The van der Waals surface area contributed by atoms with Crippen molar-refractivity contribution in [2.75, 3.05) is 5.75 Å². The van der Waals surface area contributed by atoms with Gasteiger partial charge in [-0.25, -0.2) is 8.42 Å². The van der Waals surface area contributed by atoms with E-state index in [-0.39, 0.29) is 10.9 Å². The minimum absolute atomic E-state index is 0.130. The van der Waals surface area contributed by atoms with E-state index in [2.05, 4.69) is 4.98 Å². The van der Waals surface area contributed by atoms with Gasteiger partial charge < -0.3 is 10.1 Å². The summed E-state index contributed by atoms with van der Waals surface area (Å²) in [7, 11) is -2.09. The largest absolute Gasteiger partial charge is 0.383 e. The summed E-state index contributed by atoms with van der Waals surface area (Å²) in [5.74, 6) is -0.589. The summed E-state index contributed by atoms with van der Waals surface area (Å²) in [5, 5.41) is 10.0. The molecule has 0 bridgehead atoms. The maximum atomic E-state index is 11.4.